The second-order valence-corrected chi connectivity index (χ2v) is 7.09. The number of hydrogen-bond donors (Lipinski definition) is 1. The number of nitrogens with one attached hydrogen (secondary N) is 1. The second kappa shape index (κ2) is 8.61. The summed E-state index contributed by atoms with van der Waals surface area (Å²) in [6, 6.07) is 19.4. The number of anilines is 1. The van der Waals surface area contributed by atoms with Gasteiger partial charge in [-0.15, -0.1) is 0 Å². The molecule has 1 N–H and O–H groups in total. The van der Waals surface area contributed by atoms with Crippen molar-refractivity contribution in [3.05, 3.63) is 84.1 Å². The van der Waals surface area contributed by atoms with Crippen LogP contribution in [0.25, 0.3) is 0 Å². The maximum atomic E-state index is 12.5. The van der Waals surface area contributed by atoms with Gasteiger partial charge >= 0.3 is 0 Å². The Balaban J connectivity index is 1.93. The quantitative estimate of drug-likeness (QED) is 0.555. The molecular weight excluding hydrogens is 348 g/mol. The fraction of sp³-hybridized carbons (Fsp3) is 0.208. The topological polar surface area (TPSA) is 58.5 Å². The van der Waals surface area contributed by atoms with E-state index in [1.54, 1.807) is 6.21 Å². The molecule has 0 fully saturated rings. The molecule has 0 heterocycles. The summed E-state index contributed by atoms with van der Waals surface area (Å²) in [5, 5.41) is 3.25. The van der Waals surface area contributed by atoms with Crippen LogP contribution in [0.4, 0.5) is 11.4 Å². The van der Waals surface area contributed by atoms with Crippen molar-refractivity contribution in [2.24, 2.45) is 10.4 Å². The average molecular weight is 372 g/mol. The highest BCUT2D eigenvalue weighted by Crippen LogP contribution is 2.40. The summed E-state index contributed by atoms with van der Waals surface area (Å²) >= 11 is 0. The normalized spacial score (nSPS) is 17.4. The zero-order chi connectivity index (χ0) is 20.0. The van der Waals surface area contributed by atoms with Gasteiger partial charge in [0.1, 0.15) is 11.6 Å². The van der Waals surface area contributed by atoms with Crippen LogP contribution in [0, 0.1) is 5.41 Å². The molecule has 2 aromatic carbocycles. The standard InChI is InChI=1S/C24H24N2O2/c1-18(27)24(19(2)28)14-20(16-25-22-9-5-3-6-10-22)13-21(15-24)17-26-23-11-7-4-8-12-23/h3-13,16-17,25H,14-15H2,1-2H3/b20-16-,26-17+. The monoisotopic (exact) mass is 372 g/mol. The Bertz CT molecular complexity index is 927. The van der Waals surface area contributed by atoms with Crippen molar-refractivity contribution in [3.63, 3.8) is 0 Å². The third-order valence-electron chi connectivity index (χ3n) is 5.06. The van der Waals surface area contributed by atoms with E-state index < -0.39 is 5.41 Å². The molecule has 0 radical (unpaired) electrons. The number of allylic oxidation sites excluding steroid dienone is 3. The molecule has 28 heavy (non-hydrogen) atoms. The molecule has 0 saturated carbocycles. The molecule has 3 rings (SSSR count). The van der Waals surface area contributed by atoms with Crippen molar-refractivity contribution in [3.8, 4) is 0 Å². The van der Waals surface area contributed by atoms with Crippen molar-refractivity contribution in [2.75, 3.05) is 5.32 Å². The van der Waals surface area contributed by atoms with Gasteiger partial charge in [-0.2, -0.15) is 0 Å². The van der Waals surface area contributed by atoms with Crippen molar-refractivity contribution >= 4 is 29.2 Å². The SMILES string of the molecule is CC(=O)C1(C(C)=O)CC(/C=N/c2ccccc2)=CC(=C/Nc2ccccc2)/C1. The van der Waals surface area contributed by atoms with Crippen molar-refractivity contribution < 1.29 is 9.59 Å². The van der Waals surface area contributed by atoms with Crippen LogP contribution in [0.2, 0.25) is 0 Å². The summed E-state index contributed by atoms with van der Waals surface area (Å²) in [6.45, 7) is 3.00. The molecule has 0 atom stereocenters. The van der Waals surface area contributed by atoms with Crippen LogP contribution in [-0.2, 0) is 9.59 Å². The van der Waals surface area contributed by atoms with Crippen molar-refractivity contribution in [1.82, 2.24) is 0 Å². The number of para-hydroxylation sites is 2. The van der Waals surface area contributed by atoms with Crippen LogP contribution in [0.1, 0.15) is 26.7 Å². The molecule has 4 nitrogen and oxygen atoms in total. The van der Waals surface area contributed by atoms with Gasteiger partial charge in [-0.05, 0) is 62.1 Å². The molecule has 4 heteroatoms. The maximum Gasteiger partial charge on any atom is 0.144 e. The minimum Gasteiger partial charge on any atom is -0.361 e. The van der Waals surface area contributed by atoms with Gasteiger partial charge in [0.15, 0.2) is 0 Å². The van der Waals surface area contributed by atoms with Crippen LogP contribution in [0.15, 0.2) is 89.1 Å². The predicted octanol–water partition coefficient (Wildman–Crippen LogP) is 5.27. The third kappa shape index (κ3) is 4.52. The lowest BCUT2D eigenvalue weighted by atomic mass is 9.67. The molecule has 0 aromatic heterocycles. The third-order valence-corrected chi connectivity index (χ3v) is 5.06. The van der Waals surface area contributed by atoms with E-state index in [1.165, 1.54) is 13.8 Å². The van der Waals surface area contributed by atoms with E-state index in [4.69, 9.17) is 0 Å². The molecule has 0 bridgehead atoms. The van der Waals surface area contributed by atoms with Crippen LogP contribution >= 0.6 is 0 Å². The summed E-state index contributed by atoms with van der Waals surface area (Å²) in [5.74, 6) is -0.214. The lowest BCUT2D eigenvalue weighted by Crippen LogP contribution is -2.39. The molecule has 1 aliphatic carbocycles. The number of aliphatic imine (C=N–C) groups is 1. The second-order valence-electron chi connectivity index (χ2n) is 7.09. The van der Waals surface area contributed by atoms with Gasteiger partial charge in [-0.25, -0.2) is 0 Å². The number of Topliss-reactive ketones (excluding diaryl/α,β-unsaturated/α-hetero) is 2. The van der Waals surface area contributed by atoms with E-state index in [2.05, 4.69) is 10.3 Å². The molecule has 0 spiro atoms. The van der Waals surface area contributed by atoms with E-state index in [0.717, 1.165) is 22.5 Å². The molecule has 0 saturated heterocycles. The van der Waals surface area contributed by atoms with Crippen molar-refractivity contribution in [1.29, 1.82) is 0 Å². The molecule has 0 aliphatic heterocycles. The first kappa shape index (κ1) is 19.5. The highest BCUT2D eigenvalue weighted by Gasteiger charge is 2.43. The summed E-state index contributed by atoms with van der Waals surface area (Å²) in [7, 11) is 0. The fourth-order valence-corrected chi connectivity index (χ4v) is 3.40. The molecular formula is C24H24N2O2. The van der Waals surface area contributed by atoms with E-state index in [1.807, 2.05) is 72.9 Å². The molecule has 0 amide bonds. The maximum absolute atomic E-state index is 12.5. The Morgan fingerprint density at radius 3 is 2.14 bits per heavy atom. The highest BCUT2D eigenvalue weighted by molar-refractivity contribution is 6.07. The van der Waals surface area contributed by atoms with Gasteiger partial charge in [0, 0.05) is 18.1 Å². The number of rotatable bonds is 6. The lowest BCUT2D eigenvalue weighted by molar-refractivity contribution is -0.138. The van der Waals surface area contributed by atoms with Crippen LogP contribution in [0.5, 0.6) is 0 Å². The van der Waals surface area contributed by atoms with Gasteiger partial charge < -0.3 is 5.32 Å². The first-order valence-electron chi connectivity index (χ1n) is 9.32. The first-order valence-corrected chi connectivity index (χ1v) is 9.32. The number of benzene rings is 2. The zero-order valence-corrected chi connectivity index (χ0v) is 16.2. The van der Waals surface area contributed by atoms with Crippen molar-refractivity contribution in [2.45, 2.75) is 26.7 Å². The molecule has 0 unspecified atom stereocenters. The Morgan fingerprint density at radius 1 is 0.929 bits per heavy atom. The predicted molar refractivity (Wildman–Crippen MR) is 114 cm³/mol. The summed E-state index contributed by atoms with van der Waals surface area (Å²) in [6.07, 6.45) is 6.39. The van der Waals surface area contributed by atoms with Crippen LogP contribution in [-0.4, -0.2) is 17.8 Å². The van der Waals surface area contributed by atoms with E-state index in [-0.39, 0.29) is 11.6 Å². The number of ketones is 2. The fourth-order valence-electron chi connectivity index (χ4n) is 3.40. The summed E-state index contributed by atoms with van der Waals surface area (Å²) < 4.78 is 0. The Hall–Kier alpha value is -3.27. The van der Waals surface area contributed by atoms with Gasteiger partial charge in [0.05, 0.1) is 11.1 Å². The Morgan fingerprint density at radius 2 is 1.54 bits per heavy atom. The highest BCUT2D eigenvalue weighted by atomic mass is 16.2. The molecule has 142 valence electrons. The minimum absolute atomic E-state index is 0.107. The first-order chi connectivity index (χ1) is 13.5. The number of hydrogen-bond acceptors (Lipinski definition) is 4. The van der Waals surface area contributed by atoms with Gasteiger partial charge in [-0.3, -0.25) is 14.6 Å². The number of carbonyl (C=O) groups excluding carboxylic acids is 2. The van der Waals surface area contributed by atoms with Gasteiger partial charge in [0.25, 0.3) is 0 Å². The molecule has 1 aliphatic rings. The number of carbonyl (C=O) groups is 2. The summed E-state index contributed by atoms with van der Waals surface area (Å²) in [5.41, 5.74) is 2.51. The summed E-state index contributed by atoms with van der Waals surface area (Å²) in [4.78, 5) is 29.4. The van der Waals surface area contributed by atoms with Gasteiger partial charge in [0.2, 0.25) is 0 Å². The van der Waals surface area contributed by atoms with Gasteiger partial charge in [-0.1, -0.05) is 42.5 Å². The van der Waals surface area contributed by atoms with E-state index in [9.17, 15) is 9.59 Å². The number of nitrogens with zero attached hydrogens (tertiary/aromatic N) is 1. The molecule has 2 aromatic rings. The minimum atomic E-state index is -1.03. The Labute approximate surface area is 165 Å². The largest absolute Gasteiger partial charge is 0.361 e. The Kier molecular flexibility index (Phi) is 5.99. The average Bonchev–Trinajstić information content (AvgIpc) is 2.72. The van der Waals surface area contributed by atoms with Crippen LogP contribution < -0.4 is 5.32 Å². The van der Waals surface area contributed by atoms with E-state index >= 15 is 0 Å². The lowest BCUT2D eigenvalue weighted by Gasteiger charge is -2.33. The smallest absolute Gasteiger partial charge is 0.144 e. The van der Waals surface area contributed by atoms with Crippen LogP contribution in [0.3, 0.4) is 0 Å². The zero-order valence-electron chi connectivity index (χ0n) is 16.2. The van der Waals surface area contributed by atoms with E-state index in [0.29, 0.717) is 12.8 Å².